The highest BCUT2D eigenvalue weighted by molar-refractivity contribution is 5.57. The first-order chi connectivity index (χ1) is 27.4. The Bertz CT molecular complexity index is 2070. The number of methoxy groups -OCH3 is 6. The fraction of sp³-hybridized carbons (Fsp3) is 0.250. The monoisotopic (exact) mass is 754 g/mol. The molecule has 0 aliphatic carbocycles. The van der Waals surface area contributed by atoms with Crippen LogP contribution in [0.3, 0.4) is 0 Å². The van der Waals surface area contributed by atoms with Gasteiger partial charge in [0.25, 0.3) is 0 Å². The summed E-state index contributed by atoms with van der Waals surface area (Å²) >= 11 is 0. The van der Waals surface area contributed by atoms with Crippen LogP contribution in [-0.4, -0.2) is 42.7 Å². The highest BCUT2D eigenvalue weighted by Crippen LogP contribution is 2.44. The maximum atomic E-state index is 6.69. The number of rotatable bonds is 19. The quantitative estimate of drug-likeness (QED) is 0.0809. The Morgan fingerprint density at radius 1 is 0.286 bits per heavy atom. The standard InChI is InChI=1S/C48H50O8/c1-49-39-21-19-33(20-22-39)13-16-38-29-46(55-44-27-36(25-42(31-44)52-4)17-14-34-9-7-11-40(23-34)50-2)48(54-6)47(30-38)56-45-28-37(26-43(32-45)53-5)18-15-35-10-8-12-41(24-35)51-3/h7-12,19-32H,13-18H2,1-6H3. The van der Waals surface area contributed by atoms with Crippen molar-refractivity contribution in [3.05, 3.63) is 155 Å². The first-order valence-electron chi connectivity index (χ1n) is 18.7. The minimum absolute atomic E-state index is 0.472. The van der Waals surface area contributed by atoms with E-state index in [9.17, 15) is 0 Å². The Morgan fingerprint density at radius 2 is 0.661 bits per heavy atom. The molecule has 8 nitrogen and oxygen atoms in total. The van der Waals surface area contributed by atoms with Crippen LogP contribution in [0.25, 0.3) is 0 Å². The molecule has 8 heteroatoms. The summed E-state index contributed by atoms with van der Waals surface area (Å²) in [4.78, 5) is 0. The SMILES string of the molecule is COc1ccc(CCc2cc(Oc3cc(CCc4cccc(OC)c4)cc(OC)c3)c(OC)c(Oc3cc(CCc4cccc(OC)c4)cc(OC)c3)c2)cc1. The molecule has 0 aliphatic rings. The van der Waals surface area contributed by atoms with Gasteiger partial charge in [0.1, 0.15) is 40.2 Å². The van der Waals surface area contributed by atoms with Gasteiger partial charge in [0, 0.05) is 12.1 Å². The molecule has 0 aromatic heterocycles. The summed E-state index contributed by atoms with van der Waals surface area (Å²) in [5.41, 5.74) is 6.73. The van der Waals surface area contributed by atoms with Crippen molar-refractivity contribution in [2.75, 3.05) is 42.7 Å². The van der Waals surface area contributed by atoms with E-state index in [2.05, 4.69) is 36.4 Å². The van der Waals surface area contributed by atoms with Crippen LogP contribution in [0.1, 0.15) is 33.4 Å². The third-order valence-electron chi connectivity index (χ3n) is 9.63. The number of hydrogen-bond acceptors (Lipinski definition) is 8. The van der Waals surface area contributed by atoms with E-state index < -0.39 is 0 Å². The Labute approximate surface area is 330 Å². The zero-order valence-electron chi connectivity index (χ0n) is 33.1. The van der Waals surface area contributed by atoms with E-state index >= 15 is 0 Å². The van der Waals surface area contributed by atoms with Gasteiger partial charge in [0.05, 0.1) is 42.7 Å². The number of aryl methyl sites for hydroxylation is 6. The molecule has 0 spiro atoms. The maximum Gasteiger partial charge on any atom is 0.204 e. The molecule has 6 aromatic carbocycles. The van der Waals surface area contributed by atoms with Gasteiger partial charge in [-0.15, -0.1) is 0 Å². The zero-order chi connectivity index (χ0) is 39.3. The largest absolute Gasteiger partial charge is 0.497 e. The van der Waals surface area contributed by atoms with E-state index in [-0.39, 0.29) is 0 Å². The molecular weight excluding hydrogens is 705 g/mol. The molecule has 0 bridgehead atoms. The molecule has 56 heavy (non-hydrogen) atoms. The van der Waals surface area contributed by atoms with Crippen LogP contribution >= 0.6 is 0 Å². The number of benzene rings is 6. The predicted molar refractivity (Wildman–Crippen MR) is 220 cm³/mol. The van der Waals surface area contributed by atoms with E-state index in [0.717, 1.165) is 72.5 Å². The zero-order valence-corrected chi connectivity index (χ0v) is 33.1. The molecule has 0 saturated carbocycles. The molecule has 0 aliphatic heterocycles. The summed E-state index contributed by atoms with van der Waals surface area (Å²) in [5, 5.41) is 0. The molecular formula is C48H50O8. The van der Waals surface area contributed by atoms with Gasteiger partial charge in [0.15, 0.2) is 11.5 Å². The lowest BCUT2D eigenvalue weighted by molar-refractivity contribution is 0.350. The van der Waals surface area contributed by atoms with Gasteiger partial charge in [-0.3, -0.25) is 0 Å². The molecule has 0 atom stereocenters. The lowest BCUT2D eigenvalue weighted by atomic mass is 10.0. The Hall–Kier alpha value is -6.28. The van der Waals surface area contributed by atoms with Crippen molar-refractivity contribution in [3.8, 4) is 57.5 Å². The van der Waals surface area contributed by atoms with Crippen molar-refractivity contribution in [2.45, 2.75) is 38.5 Å². The van der Waals surface area contributed by atoms with Gasteiger partial charge in [-0.25, -0.2) is 0 Å². The topological polar surface area (TPSA) is 73.8 Å². The van der Waals surface area contributed by atoms with E-state index in [1.807, 2.05) is 84.9 Å². The third-order valence-corrected chi connectivity index (χ3v) is 9.63. The molecule has 0 saturated heterocycles. The van der Waals surface area contributed by atoms with Crippen molar-refractivity contribution in [1.82, 2.24) is 0 Å². The van der Waals surface area contributed by atoms with Gasteiger partial charge in [-0.1, -0.05) is 36.4 Å². The molecule has 0 radical (unpaired) electrons. The summed E-state index contributed by atoms with van der Waals surface area (Å²) in [6, 6.07) is 40.4. The molecule has 0 heterocycles. The molecule has 0 fully saturated rings. The molecule has 0 N–H and O–H groups in total. The van der Waals surface area contributed by atoms with Crippen LogP contribution in [-0.2, 0) is 38.5 Å². The van der Waals surface area contributed by atoms with E-state index in [1.54, 1.807) is 42.7 Å². The first kappa shape index (κ1) is 39.4. The van der Waals surface area contributed by atoms with Crippen molar-refractivity contribution in [2.24, 2.45) is 0 Å². The van der Waals surface area contributed by atoms with Crippen LogP contribution < -0.4 is 37.9 Å². The summed E-state index contributed by atoms with van der Waals surface area (Å²) in [6.45, 7) is 0. The van der Waals surface area contributed by atoms with Gasteiger partial charge < -0.3 is 37.9 Å². The lowest BCUT2D eigenvalue weighted by Gasteiger charge is -2.18. The third kappa shape index (κ3) is 10.7. The summed E-state index contributed by atoms with van der Waals surface area (Å²) < 4.78 is 47.1. The van der Waals surface area contributed by atoms with Gasteiger partial charge >= 0.3 is 0 Å². The number of hydrogen-bond donors (Lipinski definition) is 0. The minimum atomic E-state index is 0.472. The normalized spacial score (nSPS) is 10.8. The molecule has 6 rings (SSSR count). The molecule has 0 amide bonds. The van der Waals surface area contributed by atoms with Crippen molar-refractivity contribution in [1.29, 1.82) is 0 Å². The van der Waals surface area contributed by atoms with Crippen LogP contribution in [0.2, 0.25) is 0 Å². The van der Waals surface area contributed by atoms with Crippen LogP contribution in [0.5, 0.6) is 57.5 Å². The highest BCUT2D eigenvalue weighted by atomic mass is 16.5. The van der Waals surface area contributed by atoms with Crippen LogP contribution in [0.4, 0.5) is 0 Å². The molecule has 6 aromatic rings. The van der Waals surface area contributed by atoms with Crippen LogP contribution in [0.15, 0.2) is 121 Å². The minimum Gasteiger partial charge on any atom is -0.497 e. The maximum absolute atomic E-state index is 6.69. The Kier molecular flexibility index (Phi) is 13.6. The lowest BCUT2D eigenvalue weighted by Crippen LogP contribution is -2.00. The first-order valence-corrected chi connectivity index (χ1v) is 18.7. The van der Waals surface area contributed by atoms with Crippen molar-refractivity contribution < 1.29 is 37.9 Å². The Balaban J connectivity index is 1.31. The molecule has 0 unspecified atom stereocenters. The Morgan fingerprint density at radius 3 is 1.09 bits per heavy atom. The molecule has 290 valence electrons. The second-order valence-electron chi connectivity index (χ2n) is 13.4. The average molecular weight is 755 g/mol. The number of ether oxygens (including phenoxy) is 8. The predicted octanol–water partition coefficient (Wildman–Crippen LogP) is 10.7. The summed E-state index contributed by atoms with van der Waals surface area (Å²) in [5.74, 6) is 6.70. The van der Waals surface area contributed by atoms with Gasteiger partial charge in [-0.05, 0) is 145 Å². The fourth-order valence-electron chi connectivity index (χ4n) is 6.60. The van der Waals surface area contributed by atoms with Crippen molar-refractivity contribution in [3.63, 3.8) is 0 Å². The van der Waals surface area contributed by atoms with E-state index in [1.165, 1.54) is 16.7 Å². The van der Waals surface area contributed by atoms with E-state index in [4.69, 9.17) is 37.9 Å². The summed E-state index contributed by atoms with van der Waals surface area (Å²) in [6.07, 6.45) is 4.75. The second-order valence-corrected chi connectivity index (χ2v) is 13.4. The van der Waals surface area contributed by atoms with Crippen molar-refractivity contribution >= 4 is 0 Å². The van der Waals surface area contributed by atoms with Gasteiger partial charge in [-0.2, -0.15) is 0 Å². The van der Waals surface area contributed by atoms with Crippen LogP contribution in [0, 0.1) is 0 Å². The smallest absolute Gasteiger partial charge is 0.204 e. The fourth-order valence-corrected chi connectivity index (χ4v) is 6.60. The highest BCUT2D eigenvalue weighted by Gasteiger charge is 2.18. The average Bonchev–Trinajstić information content (AvgIpc) is 3.24. The van der Waals surface area contributed by atoms with E-state index in [0.29, 0.717) is 40.2 Å². The summed E-state index contributed by atoms with van der Waals surface area (Å²) in [7, 11) is 9.99. The van der Waals surface area contributed by atoms with Gasteiger partial charge in [0.2, 0.25) is 5.75 Å². The second kappa shape index (κ2) is 19.4.